The molecule has 20 heavy (non-hydrogen) atoms. The maximum absolute atomic E-state index is 9.30. The minimum Gasteiger partial charge on any atom is -0.381 e. The van der Waals surface area contributed by atoms with Crippen molar-refractivity contribution >= 4 is 16.7 Å². The molecule has 0 aliphatic carbocycles. The molecule has 0 radical (unpaired) electrons. The molecule has 0 amide bonds. The Balaban J connectivity index is 1.98. The molecular weight excluding hydrogens is 250 g/mol. The smallest absolute Gasteiger partial charge is 0.128 e. The maximum atomic E-state index is 9.30. The summed E-state index contributed by atoms with van der Waals surface area (Å²) >= 11 is 0. The van der Waals surface area contributed by atoms with Gasteiger partial charge in [-0.25, -0.2) is 4.98 Å². The number of para-hydroxylation sites is 1. The number of pyridine rings is 1. The lowest BCUT2D eigenvalue weighted by molar-refractivity contribution is 0.0657. The first-order valence-electron chi connectivity index (χ1n) is 6.86. The van der Waals surface area contributed by atoms with Gasteiger partial charge in [-0.05, 0) is 31.9 Å². The van der Waals surface area contributed by atoms with Gasteiger partial charge in [0.2, 0.25) is 0 Å². The Morgan fingerprint density at radius 3 is 2.80 bits per heavy atom. The number of hydrogen-bond acceptors (Lipinski definition) is 4. The zero-order chi connectivity index (χ0) is 14.0. The van der Waals surface area contributed by atoms with Gasteiger partial charge in [-0.15, -0.1) is 0 Å². The van der Waals surface area contributed by atoms with E-state index < -0.39 is 0 Å². The van der Waals surface area contributed by atoms with Gasteiger partial charge in [0.1, 0.15) is 5.82 Å². The molecular formula is C16H17N3O. The predicted octanol–water partition coefficient (Wildman–Crippen LogP) is 3.09. The summed E-state index contributed by atoms with van der Waals surface area (Å²) in [5.41, 5.74) is 1.50. The van der Waals surface area contributed by atoms with Crippen molar-refractivity contribution in [2.75, 3.05) is 18.5 Å². The Labute approximate surface area is 118 Å². The summed E-state index contributed by atoms with van der Waals surface area (Å²) in [6.07, 6.45) is 1.90. The Hall–Kier alpha value is -2.12. The number of anilines is 1. The van der Waals surface area contributed by atoms with Crippen LogP contribution in [0.5, 0.6) is 0 Å². The molecule has 2 heterocycles. The molecule has 1 N–H and O–H groups in total. The first-order valence-corrected chi connectivity index (χ1v) is 6.86. The zero-order valence-corrected chi connectivity index (χ0v) is 11.5. The second-order valence-corrected chi connectivity index (χ2v) is 5.48. The van der Waals surface area contributed by atoms with Crippen molar-refractivity contribution < 1.29 is 4.74 Å². The first kappa shape index (κ1) is 12.9. The average Bonchev–Trinajstić information content (AvgIpc) is 2.46. The maximum Gasteiger partial charge on any atom is 0.128 e. The molecule has 0 atom stereocenters. The number of fused-ring (bicyclic) bond motifs is 1. The summed E-state index contributed by atoms with van der Waals surface area (Å²) in [4.78, 5) is 4.62. The Morgan fingerprint density at radius 2 is 2.05 bits per heavy atom. The van der Waals surface area contributed by atoms with Crippen LogP contribution in [0.1, 0.15) is 25.3 Å². The fraction of sp³-hybridized carbons (Fsp3) is 0.375. The topological polar surface area (TPSA) is 57.9 Å². The third-order valence-electron chi connectivity index (χ3n) is 3.86. The number of rotatable bonds is 2. The van der Waals surface area contributed by atoms with E-state index in [1.54, 1.807) is 0 Å². The van der Waals surface area contributed by atoms with Gasteiger partial charge >= 0.3 is 0 Å². The van der Waals surface area contributed by atoms with Gasteiger partial charge in [-0.2, -0.15) is 5.26 Å². The fourth-order valence-corrected chi connectivity index (χ4v) is 2.59. The fourth-order valence-electron chi connectivity index (χ4n) is 2.59. The normalized spacial score (nSPS) is 17.6. The summed E-state index contributed by atoms with van der Waals surface area (Å²) in [5, 5.41) is 13.7. The van der Waals surface area contributed by atoms with Crippen LogP contribution in [0.4, 0.5) is 5.82 Å². The van der Waals surface area contributed by atoms with E-state index in [4.69, 9.17) is 4.74 Å². The second-order valence-electron chi connectivity index (χ2n) is 5.48. The number of benzene rings is 1. The molecule has 0 saturated carbocycles. The molecule has 1 aromatic heterocycles. The molecule has 0 bridgehead atoms. The summed E-state index contributed by atoms with van der Waals surface area (Å²) in [6.45, 7) is 3.71. The standard InChI is InChI=1S/C16H17N3O/c1-16(6-8-20-9-7-16)19-15-10-12(11-17)13-4-2-3-5-14(13)18-15/h2-5,10H,6-9H2,1H3,(H,18,19). The number of aromatic nitrogens is 1. The highest BCUT2D eigenvalue weighted by Crippen LogP contribution is 2.27. The lowest BCUT2D eigenvalue weighted by atomic mass is 9.92. The molecule has 102 valence electrons. The van der Waals surface area contributed by atoms with Crippen LogP contribution in [0.15, 0.2) is 30.3 Å². The molecule has 0 unspecified atom stereocenters. The third-order valence-corrected chi connectivity index (χ3v) is 3.86. The highest BCUT2D eigenvalue weighted by atomic mass is 16.5. The lowest BCUT2D eigenvalue weighted by Gasteiger charge is -2.35. The van der Waals surface area contributed by atoms with E-state index in [0.29, 0.717) is 5.56 Å². The van der Waals surface area contributed by atoms with Crippen molar-refractivity contribution in [3.8, 4) is 6.07 Å². The van der Waals surface area contributed by atoms with E-state index >= 15 is 0 Å². The summed E-state index contributed by atoms with van der Waals surface area (Å²) in [5.74, 6) is 0.768. The van der Waals surface area contributed by atoms with Crippen molar-refractivity contribution in [2.45, 2.75) is 25.3 Å². The molecule has 3 rings (SSSR count). The Bertz CT molecular complexity index is 669. The van der Waals surface area contributed by atoms with Crippen LogP contribution < -0.4 is 5.32 Å². The summed E-state index contributed by atoms with van der Waals surface area (Å²) in [7, 11) is 0. The number of nitrogens with one attached hydrogen (secondary N) is 1. The quantitative estimate of drug-likeness (QED) is 0.908. The average molecular weight is 267 g/mol. The van der Waals surface area contributed by atoms with Crippen molar-refractivity contribution in [1.29, 1.82) is 5.26 Å². The van der Waals surface area contributed by atoms with Crippen molar-refractivity contribution in [3.05, 3.63) is 35.9 Å². The van der Waals surface area contributed by atoms with Crippen LogP contribution in [0.3, 0.4) is 0 Å². The highest BCUT2D eigenvalue weighted by molar-refractivity contribution is 5.86. The lowest BCUT2D eigenvalue weighted by Crippen LogP contribution is -2.40. The minimum absolute atomic E-state index is 0.0135. The zero-order valence-electron chi connectivity index (χ0n) is 11.5. The minimum atomic E-state index is -0.0135. The van der Waals surface area contributed by atoms with E-state index in [1.165, 1.54) is 0 Å². The molecule has 1 aliphatic heterocycles. The molecule has 4 heteroatoms. The monoisotopic (exact) mass is 267 g/mol. The van der Waals surface area contributed by atoms with E-state index in [2.05, 4.69) is 23.3 Å². The molecule has 1 aliphatic rings. The number of nitriles is 1. The molecule has 1 aromatic carbocycles. The van der Waals surface area contributed by atoms with Crippen LogP contribution in [-0.2, 0) is 4.74 Å². The number of nitrogens with zero attached hydrogens (tertiary/aromatic N) is 2. The van der Waals surface area contributed by atoms with E-state index in [1.807, 2.05) is 30.3 Å². The van der Waals surface area contributed by atoms with Crippen LogP contribution in [0.25, 0.3) is 10.9 Å². The molecule has 2 aromatic rings. The first-order chi connectivity index (χ1) is 9.70. The SMILES string of the molecule is CC1(Nc2cc(C#N)c3ccccc3n2)CCOCC1. The highest BCUT2D eigenvalue weighted by Gasteiger charge is 2.27. The van der Waals surface area contributed by atoms with Gasteiger partial charge in [0, 0.05) is 24.1 Å². The molecule has 0 spiro atoms. The van der Waals surface area contributed by atoms with Crippen molar-refractivity contribution in [1.82, 2.24) is 4.98 Å². The van der Waals surface area contributed by atoms with Gasteiger partial charge in [-0.3, -0.25) is 0 Å². The Morgan fingerprint density at radius 1 is 1.30 bits per heavy atom. The van der Waals surface area contributed by atoms with Crippen molar-refractivity contribution in [3.63, 3.8) is 0 Å². The van der Waals surface area contributed by atoms with E-state index in [0.717, 1.165) is 42.8 Å². The van der Waals surface area contributed by atoms with Gasteiger partial charge in [0.05, 0.1) is 17.1 Å². The summed E-state index contributed by atoms with van der Waals surface area (Å²) < 4.78 is 5.40. The molecule has 4 nitrogen and oxygen atoms in total. The second kappa shape index (κ2) is 5.10. The van der Waals surface area contributed by atoms with E-state index in [9.17, 15) is 5.26 Å². The van der Waals surface area contributed by atoms with E-state index in [-0.39, 0.29) is 5.54 Å². The van der Waals surface area contributed by atoms with Crippen molar-refractivity contribution in [2.24, 2.45) is 0 Å². The Kier molecular flexibility index (Phi) is 3.29. The predicted molar refractivity (Wildman–Crippen MR) is 78.5 cm³/mol. The van der Waals surface area contributed by atoms with Crippen LogP contribution in [0.2, 0.25) is 0 Å². The van der Waals surface area contributed by atoms with Gasteiger partial charge in [0.25, 0.3) is 0 Å². The van der Waals surface area contributed by atoms with Crippen LogP contribution in [-0.4, -0.2) is 23.7 Å². The largest absolute Gasteiger partial charge is 0.381 e. The third kappa shape index (κ3) is 2.45. The number of ether oxygens (including phenoxy) is 1. The molecule has 1 fully saturated rings. The van der Waals surface area contributed by atoms with Gasteiger partial charge in [0.15, 0.2) is 0 Å². The van der Waals surface area contributed by atoms with Crippen LogP contribution in [0, 0.1) is 11.3 Å². The summed E-state index contributed by atoms with van der Waals surface area (Å²) in [6, 6.07) is 11.8. The van der Waals surface area contributed by atoms with Gasteiger partial charge < -0.3 is 10.1 Å². The number of hydrogen-bond donors (Lipinski definition) is 1. The van der Waals surface area contributed by atoms with Gasteiger partial charge in [-0.1, -0.05) is 18.2 Å². The van der Waals surface area contributed by atoms with Crippen LogP contribution >= 0.6 is 0 Å². The molecule has 1 saturated heterocycles.